The van der Waals surface area contributed by atoms with Crippen LogP contribution >= 0.6 is 0 Å². The van der Waals surface area contributed by atoms with Crippen molar-refractivity contribution in [2.45, 2.75) is 19.8 Å². The highest BCUT2D eigenvalue weighted by Gasteiger charge is 2.15. The molecular weight excluding hydrogens is 397 g/mol. The van der Waals surface area contributed by atoms with Crippen LogP contribution < -0.4 is 20.3 Å². The number of ether oxygens (including phenoxy) is 1. The summed E-state index contributed by atoms with van der Waals surface area (Å²) in [5, 5.41) is 5.97. The largest absolute Gasteiger partial charge is 0.494 e. The van der Waals surface area contributed by atoms with Crippen molar-refractivity contribution in [2.75, 3.05) is 35.7 Å². The number of benzene rings is 2. The molecule has 160 valence electrons. The van der Waals surface area contributed by atoms with Crippen molar-refractivity contribution in [3.8, 4) is 5.75 Å². The summed E-state index contributed by atoms with van der Waals surface area (Å²) in [5.41, 5.74) is 2.50. The molecule has 0 spiro atoms. The van der Waals surface area contributed by atoms with E-state index in [1.807, 2.05) is 25.1 Å². The van der Waals surface area contributed by atoms with E-state index in [9.17, 15) is 9.18 Å². The number of hydrogen-bond acceptors (Lipinski definition) is 6. The van der Waals surface area contributed by atoms with Gasteiger partial charge in [0.05, 0.1) is 7.11 Å². The number of aryl methyl sites for hydroxylation is 1. The van der Waals surface area contributed by atoms with Gasteiger partial charge in [-0.2, -0.15) is 4.98 Å². The second kappa shape index (κ2) is 8.99. The summed E-state index contributed by atoms with van der Waals surface area (Å²) in [5.74, 6) is 0.578. The molecule has 1 aromatic heterocycles. The number of carbonyl (C=O) groups excluding carboxylic acids is 1. The molecule has 0 aliphatic carbocycles. The van der Waals surface area contributed by atoms with E-state index in [1.54, 1.807) is 12.1 Å². The second-order valence-electron chi connectivity index (χ2n) is 7.39. The number of carbonyl (C=O) groups is 1. The van der Waals surface area contributed by atoms with Crippen molar-refractivity contribution in [1.29, 1.82) is 0 Å². The summed E-state index contributed by atoms with van der Waals surface area (Å²) in [7, 11) is 1.38. The topological polar surface area (TPSA) is 79.4 Å². The molecule has 1 fully saturated rings. The first-order chi connectivity index (χ1) is 15.0. The Kier molecular flexibility index (Phi) is 5.97. The van der Waals surface area contributed by atoms with Crippen molar-refractivity contribution in [1.82, 2.24) is 9.97 Å². The van der Waals surface area contributed by atoms with E-state index >= 15 is 0 Å². The van der Waals surface area contributed by atoms with Gasteiger partial charge in [-0.05, 0) is 62.2 Å². The molecule has 0 unspecified atom stereocenters. The molecule has 3 aromatic rings. The molecule has 8 heteroatoms. The Labute approximate surface area is 180 Å². The molecule has 2 aromatic carbocycles. The van der Waals surface area contributed by atoms with E-state index in [0.717, 1.165) is 36.4 Å². The van der Waals surface area contributed by atoms with Gasteiger partial charge in [0, 0.05) is 41.8 Å². The zero-order chi connectivity index (χ0) is 21.8. The van der Waals surface area contributed by atoms with Gasteiger partial charge in [-0.15, -0.1) is 0 Å². The summed E-state index contributed by atoms with van der Waals surface area (Å²) in [6.45, 7) is 3.98. The molecule has 1 aliphatic rings. The van der Waals surface area contributed by atoms with E-state index < -0.39 is 11.7 Å². The fourth-order valence-electron chi connectivity index (χ4n) is 3.49. The summed E-state index contributed by atoms with van der Waals surface area (Å²) < 4.78 is 18.7. The van der Waals surface area contributed by atoms with Gasteiger partial charge >= 0.3 is 0 Å². The van der Waals surface area contributed by atoms with E-state index in [-0.39, 0.29) is 11.3 Å². The minimum Gasteiger partial charge on any atom is -0.494 e. The summed E-state index contributed by atoms with van der Waals surface area (Å²) >= 11 is 0. The maximum atomic E-state index is 13.8. The summed E-state index contributed by atoms with van der Waals surface area (Å²) in [4.78, 5) is 23.7. The number of amides is 1. The molecule has 1 saturated heterocycles. The molecule has 0 bridgehead atoms. The van der Waals surface area contributed by atoms with Crippen LogP contribution in [0.25, 0.3) is 0 Å². The number of nitrogens with zero attached hydrogens (tertiary/aromatic N) is 3. The fourth-order valence-corrected chi connectivity index (χ4v) is 3.49. The number of halogens is 1. The van der Waals surface area contributed by atoms with Crippen LogP contribution in [0.15, 0.2) is 48.5 Å². The quantitative estimate of drug-likeness (QED) is 0.609. The minimum absolute atomic E-state index is 0.0956. The van der Waals surface area contributed by atoms with Crippen LogP contribution in [0, 0.1) is 12.7 Å². The predicted octanol–water partition coefficient (Wildman–Crippen LogP) is 4.53. The van der Waals surface area contributed by atoms with Crippen molar-refractivity contribution in [3.05, 3.63) is 65.6 Å². The fraction of sp³-hybridized carbons (Fsp3) is 0.261. The SMILES string of the molecule is COc1ccc(C(=O)Nc2ccc(Nc3nc(C)cc(N4CCCC4)n3)cc2)cc1F. The van der Waals surface area contributed by atoms with Gasteiger partial charge in [0.1, 0.15) is 5.82 Å². The van der Waals surface area contributed by atoms with E-state index in [4.69, 9.17) is 4.74 Å². The number of nitrogens with one attached hydrogen (secondary N) is 2. The van der Waals surface area contributed by atoms with Gasteiger partial charge in [-0.3, -0.25) is 4.79 Å². The molecule has 0 atom stereocenters. The Morgan fingerprint density at radius 2 is 1.74 bits per heavy atom. The Balaban J connectivity index is 1.42. The molecule has 2 heterocycles. The lowest BCUT2D eigenvalue weighted by Gasteiger charge is -2.17. The highest BCUT2D eigenvalue weighted by molar-refractivity contribution is 6.04. The van der Waals surface area contributed by atoms with Crippen molar-refractivity contribution >= 4 is 29.0 Å². The Hall–Kier alpha value is -3.68. The van der Waals surface area contributed by atoms with Crippen LogP contribution in [-0.4, -0.2) is 36.1 Å². The van der Waals surface area contributed by atoms with Gasteiger partial charge in [-0.1, -0.05) is 0 Å². The van der Waals surface area contributed by atoms with Crippen LogP contribution in [0.4, 0.5) is 27.5 Å². The molecule has 4 rings (SSSR count). The lowest BCUT2D eigenvalue weighted by molar-refractivity contribution is 0.102. The lowest BCUT2D eigenvalue weighted by atomic mass is 10.2. The third-order valence-electron chi connectivity index (χ3n) is 5.08. The van der Waals surface area contributed by atoms with Gasteiger partial charge < -0.3 is 20.3 Å². The van der Waals surface area contributed by atoms with Crippen LogP contribution in [0.5, 0.6) is 5.75 Å². The third kappa shape index (κ3) is 4.91. The monoisotopic (exact) mass is 421 g/mol. The molecule has 7 nitrogen and oxygen atoms in total. The van der Waals surface area contributed by atoms with Crippen molar-refractivity contribution < 1.29 is 13.9 Å². The Morgan fingerprint density at radius 3 is 2.42 bits per heavy atom. The molecule has 1 amide bonds. The first-order valence-electron chi connectivity index (χ1n) is 10.1. The molecule has 1 aliphatic heterocycles. The van der Waals surface area contributed by atoms with E-state index in [0.29, 0.717) is 11.6 Å². The summed E-state index contributed by atoms with van der Waals surface area (Å²) in [6.07, 6.45) is 2.37. The second-order valence-corrected chi connectivity index (χ2v) is 7.39. The number of anilines is 4. The van der Waals surface area contributed by atoms with Gasteiger partial charge in [0.2, 0.25) is 5.95 Å². The van der Waals surface area contributed by atoms with Crippen molar-refractivity contribution in [2.24, 2.45) is 0 Å². The molecule has 0 saturated carbocycles. The molecule has 2 N–H and O–H groups in total. The maximum absolute atomic E-state index is 13.8. The number of aromatic nitrogens is 2. The number of hydrogen-bond donors (Lipinski definition) is 2. The molecular formula is C23H24FN5O2. The first kappa shape index (κ1) is 20.6. The van der Waals surface area contributed by atoms with Gasteiger partial charge in [0.25, 0.3) is 5.91 Å². The van der Waals surface area contributed by atoms with Crippen LogP contribution in [0.3, 0.4) is 0 Å². The highest BCUT2D eigenvalue weighted by Crippen LogP contribution is 2.23. The maximum Gasteiger partial charge on any atom is 0.255 e. The van der Waals surface area contributed by atoms with Crippen LogP contribution in [0.2, 0.25) is 0 Å². The Bertz CT molecular complexity index is 1080. The molecule has 31 heavy (non-hydrogen) atoms. The molecule has 0 radical (unpaired) electrons. The van der Waals surface area contributed by atoms with Crippen LogP contribution in [-0.2, 0) is 0 Å². The average molecular weight is 421 g/mol. The Morgan fingerprint density at radius 1 is 1.03 bits per heavy atom. The summed E-state index contributed by atoms with van der Waals surface area (Å²) in [6, 6.07) is 13.3. The van der Waals surface area contributed by atoms with E-state index in [2.05, 4.69) is 25.5 Å². The third-order valence-corrected chi connectivity index (χ3v) is 5.08. The minimum atomic E-state index is -0.582. The standard InChI is InChI=1S/C23H24FN5O2/c1-15-13-21(29-11-3-4-12-29)28-23(25-15)27-18-8-6-17(7-9-18)26-22(30)16-5-10-20(31-2)19(24)14-16/h5-10,13-14H,3-4,11-12H2,1-2H3,(H,26,30)(H,25,27,28). The lowest BCUT2D eigenvalue weighted by Crippen LogP contribution is -2.19. The normalized spacial score (nSPS) is 13.2. The predicted molar refractivity (Wildman–Crippen MR) is 119 cm³/mol. The van der Waals surface area contributed by atoms with E-state index in [1.165, 1.54) is 32.1 Å². The number of methoxy groups -OCH3 is 1. The number of rotatable bonds is 6. The smallest absolute Gasteiger partial charge is 0.255 e. The first-order valence-corrected chi connectivity index (χ1v) is 10.1. The zero-order valence-corrected chi connectivity index (χ0v) is 17.5. The highest BCUT2D eigenvalue weighted by atomic mass is 19.1. The zero-order valence-electron chi connectivity index (χ0n) is 17.5. The average Bonchev–Trinajstić information content (AvgIpc) is 3.30. The van der Waals surface area contributed by atoms with Crippen LogP contribution in [0.1, 0.15) is 28.9 Å². The van der Waals surface area contributed by atoms with Gasteiger partial charge in [0.15, 0.2) is 11.6 Å². The van der Waals surface area contributed by atoms with Crippen molar-refractivity contribution in [3.63, 3.8) is 0 Å². The van der Waals surface area contributed by atoms with Gasteiger partial charge in [-0.25, -0.2) is 9.37 Å².